The maximum Gasteiger partial charge on any atom is 0.323 e. The molecule has 154 valence electrons. The Labute approximate surface area is 167 Å². The highest BCUT2D eigenvalue weighted by Crippen LogP contribution is 2.32. The first-order valence-electron chi connectivity index (χ1n) is 8.99. The summed E-state index contributed by atoms with van der Waals surface area (Å²) in [4.78, 5) is 16.0. The van der Waals surface area contributed by atoms with Crippen molar-refractivity contribution in [2.24, 2.45) is 0 Å². The molecule has 1 aromatic heterocycles. The van der Waals surface area contributed by atoms with Gasteiger partial charge in [0.2, 0.25) is 0 Å². The first kappa shape index (κ1) is 19.6. The molecule has 11 heteroatoms. The molecule has 2 aromatic rings. The quantitative estimate of drug-likeness (QED) is 0.785. The van der Waals surface area contributed by atoms with Gasteiger partial charge in [-0.05, 0) is 18.2 Å². The highest BCUT2D eigenvalue weighted by molar-refractivity contribution is 7.87. The molecule has 1 aromatic carbocycles. The highest BCUT2D eigenvalue weighted by atomic mass is 32.2. The van der Waals surface area contributed by atoms with Crippen LogP contribution in [-0.4, -0.2) is 60.3 Å². The second kappa shape index (κ2) is 7.58. The number of ether oxygens (including phenoxy) is 1. The number of aromatic nitrogens is 1. The number of nitrogens with zero attached hydrogens (tertiary/aromatic N) is 3. The van der Waals surface area contributed by atoms with E-state index in [2.05, 4.69) is 15.6 Å². The number of pyridine rings is 1. The molecule has 3 heterocycles. The number of benzene rings is 1. The van der Waals surface area contributed by atoms with Crippen LogP contribution in [0, 0.1) is 5.82 Å². The fourth-order valence-electron chi connectivity index (χ4n) is 3.57. The molecule has 2 fully saturated rings. The summed E-state index contributed by atoms with van der Waals surface area (Å²) in [5.41, 5.74) is 0.711. The smallest absolute Gasteiger partial charge is 0.323 e. The van der Waals surface area contributed by atoms with Gasteiger partial charge in [-0.2, -0.15) is 17.0 Å². The summed E-state index contributed by atoms with van der Waals surface area (Å²) in [6.07, 6.45) is 3.19. The van der Waals surface area contributed by atoms with E-state index in [0.29, 0.717) is 18.7 Å². The number of nitrogens with one attached hydrogen (secondary N) is 2. The van der Waals surface area contributed by atoms with Crippen molar-refractivity contribution in [2.75, 3.05) is 30.8 Å². The van der Waals surface area contributed by atoms with Crippen LogP contribution in [0.3, 0.4) is 0 Å². The Kier molecular flexibility index (Phi) is 5.11. The van der Waals surface area contributed by atoms with E-state index in [9.17, 15) is 17.6 Å². The van der Waals surface area contributed by atoms with Gasteiger partial charge in [0.1, 0.15) is 17.7 Å². The number of hydrogen-bond donors (Lipinski definition) is 2. The van der Waals surface area contributed by atoms with Crippen LogP contribution in [0.5, 0.6) is 5.75 Å². The lowest BCUT2D eigenvalue weighted by atomic mass is 10.2. The van der Waals surface area contributed by atoms with Gasteiger partial charge in [0.05, 0.1) is 18.4 Å². The maximum atomic E-state index is 14.0. The van der Waals surface area contributed by atoms with Gasteiger partial charge in [0.15, 0.2) is 0 Å². The van der Waals surface area contributed by atoms with Crippen LogP contribution in [0.2, 0.25) is 0 Å². The minimum absolute atomic E-state index is 0.147. The second-order valence-corrected chi connectivity index (χ2v) is 8.97. The molecule has 2 atom stereocenters. The lowest BCUT2D eigenvalue weighted by Gasteiger charge is -2.18. The Morgan fingerprint density at radius 3 is 2.76 bits per heavy atom. The standard InChI is InChI=1S/C18H20FN5O4S/c1-23-10-15-8-17(11-24(15)29(23,26)27)28-16-6-12(19)5-14(7-16)22-18(25)21-13-3-2-4-20-9-13/h2-7,9,15,17H,8,10-11H2,1H3,(H2,21,22,25)/t15-,17+/m0/s1. The van der Waals surface area contributed by atoms with Gasteiger partial charge in [0.25, 0.3) is 10.2 Å². The molecule has 29 heavy (non-hydrogen) atoms. The SMILES string of the molecule is CN1C[C@@H]2C[C@@H](Oc3cc(F)cc(NC(=O)Nc4cccnc4)c3)CN2S1(=O)=O. The third-order valence-corrected chi connectivity index (χ3v) is 6.81. The number of urea groups is 1. The average Bonchev–Trinajstić information content (AvgIpc) is 3.12. The number of rotatable bonds is 4. The van der Waals surface area contributed by atoms with Crippen LogP contribution in [0.4, 0.5) is 20.6 Å². The molecule has 2 aliphatic rings. The number of hydrogen-bond acceptors (Lipinski definition) is 5. The Morgan fingerprint density at radius 1 is 1.24 bits per heavy atom. The van der Waals surface area contributed by atoms with Crippen molar-refractivity contribution in [1.29, 1.82) is 0 Å². The van der Waals surface area contributed by atoms with E-state index in [4.69, 9.17) is 4.74 Å². The van der Waals surface area contributed by atoms with E-state index in [-0.39, 0.29) is 30.1 Å². The van der Waals surface area contributed by atoms with E-state index < -0.39 is 22.1 Å². The molecule has 2 saturated heterocycles. The number of likely N-dealkylation sites (N-methyl/N-ethyl adjacent to an activating group) is 1. The van der Waals surface area contributed by atoms with Crippen molar-refractivity contribution in [3.05, 3.63) is 48.5 Å². The summed E-state index contributed by atoms with van der Waals surface area (Å²) in [7, 11) is -1.90. The van der Waals surface area contributed by atoms with Crippen molar-refractivity contribution in [1.82, 2.24) is 13.6 Å². The zero-order chi connectivity index (χ0) is 20.6. The summed E-state index contributed by atoms with van der Waals surface area (Å²) >= 11 is 0. The summed E-state index contributed by atoms with van der Waals surface area (Å²) in [6.45, 7) is 0.616. The molecule has 4 rings (SSSR count). The number of carbonyl (C=O) groups is 1. The number of anilines is 2. The molecule has 0 aliphatic carbocycles. The molecule has 2 aliphatic heterocycles. The Morgan fingerprint density at radius 2 is 2.03 bits per heavy atom. The largest absolute Gasteiger partial charge is 0.489 e. The van der Waals surface area contributed by atoms with Crippen LogP contribution in [0.1, 0.15) is 6.42 Å². The third kappa shape index (κ3) is 4.16. The monoisotopic (exact) mass is 421 g/mol. The first-order valence-corrected chi connectivity index (χ1v) is 10.4. The van der Waals surface area contributed by atoms with Crippen molar-refractivity contribution < 1.29 is 22.3 Å². The molecular weight excluding hydrogens is 401 g/mol. The number of halogens is 1. The fraction of sp³-hybridized carbons (Fsp3) is 0.333. The minimum Gasteiger partial charge on any atom is -0.489 e. The topological polar surface area (TPSA) is 104 Å². The van der Waals surface area contributed by atoms with Gasteiger partial charge in [-0.3, -0.25) is 4.98 Å². The molecule has 0 bridgehead atoms. The zero-order valence-electron chi connectivity index (χ0n) is 15.6. The van der Waals surface area contributed by atoms with Crippen molar-refractivity contribution in [2.45, 2.75) is 18.6 Å². The van der Waals surface area contributed by atoms with Crippen LogP contribution >= 0.6 is 0 Å². The van der Waals surface area contributed by atoms with Gasteiger partial charge in [-0.15, -0.1) is 0 Å². The second-order valence-electron chi connectivity index (χ2n) is 6.98. The number of amides is 2. The van der Waals surface area contributed by atoms with Crippen molar-refractivity contribution >= 4 is 27.6 Å². The number of carbonyl (C=O) groups excluding carboxylic acids is 1. The predicted molar refractivity (Wildman–Crippen MR) is 104 cm³/mol. The number of fused-ring (bicyclic) bond motifs is 1. The van der Waals surface area contributed by atoms with Crippen LogP contribution in [0.25, 0.3) is 0 Å². The zero-order valence-corrected chi connectivity index (χ0v) is 16.4. The Bertz CT molecular complexity index is 1020. The van der Waals surface area contributed by atoms with E-state index >= 15 is 0 Å². The van der Waals surface area contributed by atoms with Crippen LogP contribution in [0.15, 0.2) is 42.7 Å². The lowest BCUT2D eigenvalue weighted by molar-refractivity contribution is 0.211. The molecule has 2 N–H and O–H groups in total. The summed E-state index contributed by atoms with van der Waals surface area (Å²) in [6, 6.07) is 6.52. The van der Waals surface area contributed by atoms with Crippen molar-refractivity contribution in [3.8, 4) is 5.75 Å². The minimum atomic E-state index is -3.45. The summed E-state index contributed by atoms with van der Waals surface area (Å²) in [5, 5.41) is 5.13. The summed E-state index contributed by atoms with van der Waals surface area (Å²) < 4.78 is 47.0. The van der Waals surface area contributed by atoms with E-state index in [1.54, 1.807) is 25.4 Å². The third-order valence-electron chi connectivity index (χ3n) is 4.84. The summed E-state index contributed by atoms with van der Waals surface area (Å²) in [5.74, 6) is -0.358. The highest BCUT2D eigenvalue weighted by Gasteiger charge is 2.48. The fourth-order valence-corrected chi connectivity index (χ4v) is 5.18. The molecule has 0 unspecified atom stereocenters. The molecule has 9 nitrogen and oxygen atoms in total. The van der Waals surface area contributed by atoms with Gasteiger partial charge in [-0.1, -0.05) is 0 Å². The molecule has 2 amide bonds. The maximum absolute atomic E-state index is 14.0. The normalized spacial score (nSPS) is 23.5. The van der Waals surface area contributed by atoms with Crippen LogP contribution < -0.4 is 15.4 Å². The lowest BCUT2D eigenvalue weighted by Crippen LogP contribution is -2.34. The van der Waals surface area contributed by atoms with Gasteiger partial charge >= 0.3 is 6.03 Å². The predicted octanol–water partition coefficient (Wildman–Crippen LogP) is 1.88. The molecule has 0 radical (unpaired) electrons. The van der Waals surface area contributed by atoms with E-state index in [0.717, 1.165) is 0 Å². The van der Waals surface area contributed by atoms with E-state index in [1.807, 2.05) is 0 Å². The first-order chi connectivity index (χ1) is 13.8. The Hall–Kier alpha value is -2.76. The van der Waals surface area contributed by atoms with Crippen LogP contribution in [-0.2, 0) is 10.2 Å². The van der Waals surface area contributed by atoms with Gasteiger partial charge in [0, 0.05) is 50.1 Å². The molecular formula is C18H20FN5O4S. The average molecular weight is 421 g/mol. The molecule has 0 spiro atoms. The Balaban J connectivity index is 1.41. The van der Waals surface area contributed by atoms with Gasteiger partial charge < -0.3 is 15.4 Å². The van der Waals surface area contributed by atoms with Gasteiger partial charge in [-0.25, -0.2) is 9.18 Å². The van der Waals surface area contributed by atoms with Crippen molar-refractivity contribution in [3.63, 3.8) is 0 Å². The van der Waals surface area contributed by atoms with E-state index in [1.165, 1.54) is 33.0 Å². The molecule has 0 saturated carbocycles.